The third-order valence-electron chi connectivity index (χ3n) is 3.29. The fourth-order valence-electron chi connectivity index (χ4n) is 2.48. The molecule has 0 spiro atoms. The van der Waals surface area contributed by atoms with Crippen LogP contribution in [0.4, 0.5) is 0 Å². The Morgan fingerprint density at radius 2 is 2.00 bits per heavy atom. The summed E-state index contributed by atoms with van der Waals surface area (Å²) in [5.41, 5.74) is 1.28. The smallest absolute Gasteiger partial charge is 0.0832 e. The van der Waals surface area contributed by atoms with Crippen molar-refractivity contribution in [1.29, 1.82) is 0 Å². The van der Waals surface area contributed by atoms with Gasteiger partial charge in [-0.2, -0.15) is 5.10 Å². The maximum Gasteiger partial charge on any atom is 0.0832 e. The molecule has 0 bridgehead atoms. The zero-order chi connectivity index (χ0) is 14.5. The highest BCUT2D eigenvalue weighted by Crippen LogP contribution is 2.32. The molecular weight excluding hydrogens is 238 g/mol. The molecule has 0 saturated heterocycles. The number of aryl methyl sites for hydroxylation is 1. The van der Waals surface area contributed by atoms with Gasteiger partial charge in [0.1, 0.15) is 0 Å². The first kappa shape index (κ1) is 16.2. The van der Waals surface area contributed by atoms with Crippen LogP contribution in [0.25, 0.3) is 0 Å². The molecule has 0 radical (unpaired) electrons. The van der Waals surface area contributed by atoms with Crippen LogP contribution in [-0.2, 0) is 11.3 Å². The Labute approximate surface area is 117 Å². The molecule has 0 aliphatic rings. The van der Waals surface area contributed by atoms with Gasteiger partial charge in [-0.15, -0.1) is 0 Å². The molecule has 1 N–H and O–H groups in total. The minimum Gasteiger partial charge on any atom is -0.376 e. The Bertz CT molecular complexity index is 368. The quantitative estimate of drug-likeness (QED) is 0.825. The summed E-state index contributed by atoms with van der Waals surface area (Å²) in [6.45, 7) is 15.5. The highest BCUT2D eigenvalue weighted by atomic mass is 16.5. The summed E-state index contributed by atoms with van der Waals surface area (Å²) >= 11 is 0. The lowest BCUT2D eigenvalue weighted by Crippen LogP contribution is -2.43. The van der Waals surface area contributed by atoms with Crippen molar-refractivity contribution < 1.29 is 4.74 Å². The van der Waals surface area contributed by atoms with E-state index < -0.39 is 0 Å². The van der Waals surface area contributed by atoms with Gasteiger partial charge in [0.15, 0.2) is 0 Å². The van der Waals surface area contributed by atoms with Crippen molar-refractivity contribution in [3.8, 4) is 0 Å². The van der Waals surface area contributed by atoms with E-state index in [1.54, 1.807) is 0 Å². The van der Waals surface area contributed by atoms with Gasteiger partial charge in [0.05, 0.1) is 17.8 Å². The van der Waals surface area contributed by atoms with E-state index in [2.05, 4.69) is 58.0 Å². The first-order valence-corrected chi connectivity index (χ1v) is 7.32. The average molecular weight is 267 g/mol. The van der Waals surface area contributed by atoms with Crippen LogP contribution in [0.3, 0.4) is 0 Å². The van der Waals surface area contributed by atoms with Crippen LogP contribution >= 0.6 is 0 Å². The van der Waals surface area contributed by atoms with Gasteiger partial charge in [-0.25, -0.2) is 0 Å². The van der Waals surface area contributed by atoms with Crippen LogP contribution in [-0.4, -0.2) is 29.0 Å². The standard InChI is InChI=1S/C15H29N3O/c1-7-16-13(12-10-11-17-18(12)8-2)14(19-9-3)15(4,5)6/h10-11,13-14,16H,7-9H2,1-6H3. The van der Waals surface area contributed by atoms with Crippen LogP contribution in [0.2, 0.25) is 0 Å². The molecule has 2 atom stereocenters. The molecule has 0 aromatic carbocycles. The molecule has 1 aromatic rings. The topological polar surface area (TPSA) is 39.1 Å². The predicted molar refractivity (Wildman–Crippen MR) is 79.2 cm³/mol. The second kappa shape index (κ2) is 7.06. The lowest BCUT2D eigenvalue weighted by molar-refractivity contribution is -0.0380. The monoisotopic (exact) mass is 267 g/mol. The fraction of sp³-hybridized carbons (Fsp3) is 0.800. The maximum atomic E-state index is 6.04. The first-order valence-electron chi connectivity index (χ1n) is 7.32. The van der Waals surface area contributed by atoms with Gasteiger partial charge in [-0.3, -0.25) is 4.68 Å². The highest BCUT2D eigenvalue weighted by molar-refractivity contribution is 5.11. The van der Waals surface area contributed by atoms with E-state index >= 15 is 0 Å². The normalized spacial score (nSPS) is 15.5. The van der Waals surface area contributed by atoms with E-state index in [4.69, 9.17) is 4.74 Å². The maximum absolute atomic E-state index is 6.04. The Morgan fingerprint density at radius 1 is 1.32 bits per heavy atom. The van der Waals surface area contributed by atoms with Crippen molar-refractivity contribution in [2.24, 2.45) is 5.41 Å². The van der Waals surface area contributed by atoms with Crippen molar-refractivity contribution in [2.45, 2.75) is 60.2 Å². The molecule has 4 nitrogen and oxygen atoms in total. The van der Waals surface area contributed by atoms with E-state index in [0.717, 1.165) is 19.7 Å². The Morgan fingerprint density at radius 3 is 2.47 bits per heavy atom. The number of hydrogen-bond donors (Lipinski definition) is 1. The van der Waals surface area contributed by atoms with Gasteiger partial charge in [0.2, 0.25) is 0 Å². The second-order valence-electron chi connectivity index (χ2n) is 5.85. The molecule has 110 valence electrons. The molecule has 4 heteroatoms. The van der Waals surface area contributed by atoms with Crippen molar-refractivity contribution in [2.75, 3.05) is 13.2 Å². The van der Waals surface area contributed by atoms with Gasteiger partial charge in [-0.05, 0) is 31.9 Å². The molecule has 1 aromatic heterocycles. The Kier molecular flexibility index (Phi) is 6.01. The SMILES string of the molecule is CCNC(c1ccnn1CC)C(OCC)C(C)(C)C. The summed E-state index contributed by atoms with van der Waals surface area (Å²) in [4.78, 5) is 0. The largest absolute Gasteiger partial charge is 0.376 e. The van der Waals surface area contributed by atoms with Gasteiger partial charge in [0.25, 0.3) is 0 Å². The third-order valence-corrected chi connectivity index (χ3v) is 3.29. The number of aromatic nitrogens is 2. The van der Waals surface area contributed by atoms with Gasteiger partial charge >= 0.3 is 0 Å². The molecule has 1 rings (SSSR count). The predicted octanol–water partition coefficient (Wildman–Crippen LogP) is 3.00. The van der Waals surface area contributed by atoms with E-state index in [1.165, 1.54) is 5.69 Å². The lowest BCUT2D eigenvalue weighted by Gasteiger charge is -2.37. The highest BCUT2D eigenvalue weighted by Gasteiger charge is 2.35. The van der Waals surface area contributed by atoms with Crippen LogP contribution in [0.15, 0.2) is 12.3 Å². The summed E-state index contributed by atoms with van der Waals surface area (Å²) in [5.74, 6) is 0. The number of likely N-dealkylation sites (N-methyl/N-ethyl adjacent to an activating group) is 1. The first-order chi connectivity index (χ1) is 8.95. The Hall–Kier alpha value is -0.870. The van der Waals surface area contributed by atoms with Crippen molar-refractivity contribution >= 4 is 0 Å². The average Bonchev–Trinajstić information content (AvgIpc) is 2.80. The molecule has 0 saturated carbocycles. The van der Waals surface area contributed by atoms with Crippen molar-refractivity contribution in [3.63, 3.8) is 0 Å². The summed E-state index contributed by atoms with van der Waals surface area (Å²) in [6, 6.07) is 2.27. The summed E-state index contributed by atoms with van der Waals surface area (Å²) in [7, 11) is 0. The molecule has 0 amide bonds. The number of nitrogens with one attached hydrogen (secondary N) is 1. The lowest BCUT2D eigenvalue weighted by atomic mass is 9.83. The van der Waals surface area contributed by atoms with Crippen LogP contribution < -0.4 is 5.32 Å². The van der Waals surface area contributed by atoms with E-state index in [9.17, 15) is 0 Å². The van der Waals surface area contributed by atoms with Gasteiger partial charge in [-0.1, -0.05) is 27.7 Å². The fourth-order valence-corrected chi connectivity index (χ4v) is 2.48. The molecule has 0 aliphatic carbocycles. The van der Waals surface area contributed by atoms with Crippen LogP contribution in [0, 0.1) is 5.41 Å². The van der Waals surface area contributed by atoms with E-state index in [0.29, 0.717) is 0 Å². The summed E-state index contributed by atoms with van der Waals surface area (Å²) in [6.07, 6.45) is 1.99. The minimum atomic E-state index is 0.0751. The van der Waals surface area contributed by atoms with Crippen molar-refractivity contribution in [3.05, 3.63) is 18.0 Å². The molecule has 2 unspecified atom stereocenters. The van der Waals surface area contributed by atoms with Crippen molar-refractivity contribution in [1.82, 2.24) is 15.1 Å². The zero-order valence-electron chi connectivity index (χ0n) is 13.2. The van der Waals surface area contributed by atoms with Crippen LogP contribution in [0.5, 0.6) is 0 Å². The molecule has 0 aliphatic heterocycles. The van der Waals surface area contributed by atoms with Crippen LogP contribution in [0.1, 0.15) is 53.3 Å². The Balaban J connectivity index is 3.10. The van der Waals surface area contributed by atoms with E-state index in [1.807, 2.05) is 10.9 Å². The van der Waals surface area contributed by atoms with Gasteiger partial charge in [0, 0.05) is 19.3 Å². The number of ether oxygens (including phenoxy) is 1. The molecule has 0 fully saturated rings. The molecule has 19 heavy (non-hydrogen) atoms. The zero-order valence-corrected chi connectivity index (χ0v) is 13.2. The minimum absolute atomic E-state index is 0.0751. The second-order valence-corrected chi connectivity index (χ2v) is 5.85. The molecular formula is C15H29N3O. The third kappa shape index (κ3) is 4.05. The van der Waals surface area contributed by atoms with E-state index in [-0.39, 0.29) is 17.6 Å². The number of hydrogen-bond acceptors (Lipinski definition) is 3. The molecule has 1 heterocycles. The van der Waals surface area contributed by atoms with Gasteiger partial charge < -0.3 is 10.1 Å². The number of nitrogens with zero attached hydrogens (tertiary/aromatic N) is 2. The summed E-state index contributed by atoms with van der Waals surface area (Å²) < 4.78 is 8.09. The summed E-state index contributed by atoms with van der Waals surface area (Å²) in [5, 5.41) is 7.95. The number of rotatable bonds is 7.